The van der Waals surface area contributed by atoms with Gasteiger partial charge in [-0.3, -0.25) is 13.3 Å². The van der Waals surface area contributed by atoms with Crippen molar-refractivity contribution in [3.05, 3.63) is 82.5 Å². The van der Waals surface area contributed by atoms with E-state index < -0.39 is 10.8 Å². The fourth-order valence-corrected chi connectivity index (χ4v) is 4.25. The van der Waals surface area contributed by atoms with Crippen molar-refractivity contribution < 1.29 is 23.5 Å². The Labute approximate surface area is 218 Å². The van der Waals surface area contributed by atoms with E-state index in [-0.39, 0.29) is 23.0 Å². The summed E-state index contributed by atoms with van der Waals surface area (Å²) in [5.74, 6) is 1.06. The summed E-state index contributed by atoms with van der Waals surface area (Å²) in [4.78, 5) is 13.4. The summed E-state index contributed by atoms with van der Waals surface area (Å²) in [6, 6.07) is 18.4. The highest BCUT2D eigenvalue weighted by atomic mass is 32.2. The molecular formula is C28H33FN2O5S. The van der Waals surface area contributed by atoms with Gasteiger partial charge in [-0.15, -0.1) is 0 Å². The first-order valence-corrected chi connectivity index (χ1v) is 13.8. The van der Waals surface area contributed by atoms with Crippen LogP contribution in [0.5, 0.6) is 11.5 Å². The fourth-order valence-electron chi connectivity index (χ4n) is 4.25. The molecule has 0 spiro atoms. The molecule has 0 aliphatic heterocycles. The topological polar surface area (TPSA) is 94.0 Å². The summed E-state index contributed by atoms with van der Waals surface area (Å²) in [5.41, 5.74) is 3.90. The van der Waals surface area contributed by atoms with Gasteiger partial charge < -0.3 is 14.9 Å². The SMILES string of the molecule is CCOc1cc(Cn2c(=O)n(C3CC3)c3cc(-c4ccccc4F)ccc32)ccc1OC.CS(C)=O.O. The van der Waals surface area contributed by atoms with Gasteiger partial charge in [-0.1, -0.05) is 30.3 Å². The number of benzene rings is 3. The molecule has 3 aromatic carbocycles. The minimum absolute atomic E-state index is 0. The van der Waals surface area contributed by atoms with E-state index in [0.717, 1.165) is 35.0 Å². The van der Waals surface area contributed by atoms with E-state index in [2.05, 4.69) is 0 Å². The lowest BCUT2D eigenvalue weighted by Gasteiger charge is -2.11. The van der Waals surface area contributed by atoms with Crippen LogP contribution < -0.4 is 15.2 Å². The largest absolute Gasteiger partial charge is 0.493 e. The fraction of sp³-hybridized carbons (Fsp3) is 0.321. The van der Waals surface area contributed by atoms with Gasteiger partial charge in [-0.2, -0.15) is 0 Å². The Bertz CT molecular complexity index is 1450. The molecule has 9 heteroatoms. The first kappa shape index (κ1) is 28.1. The zero-order chi connectivity index (χ0) is 25.8. The molecule has 2 N–H and O–H groups in total. The molecule has 1 heterocycles. The number of nitrogens with zero attached hydrogens (tertiary/aromatic N) is 2. The number of aromatic nitrogens is 2. The number of halogens is 1. The van der Waals surface area contributed by atoms with Gasteiger partial charge in [0.25, 0.3) is 0 Å². The van der Waals surface area contributed by atoms with Gasteiger partial charge in [0.15, 0.2) is 11.5 Å². The third-order valence-electron chi connectivity index (χ3n) is 5.93. The molecule has 1 aliphatic rings. The molecular weight excluding hydrogens is 495 g/mol. The maximum Gasteiger partial charge on any atom is 0.329 e. The molecule has 198 valence electrons. The average molecular weight is 529 g/mol. The number of rotatable bonds is 7. The highest BCUT2D eigenvalue weighted by molar-refractivity contribution is 7.83. The lowest BCUT2D eigenvalue weighted by atomic mass is 10.0. The van der Waals surface area contributed by atoms with E-state index >= 15 is 0 Å². The van der Waals surface area contributed by atoms with E-state index in [1.807, 2.05) is 54.0 Å². The third kappa shape index (κ3) is 6.29. The molecule has 0 bridgehead atoms. The van der Waals surface area contributed by atoms with Crippen LogP contribution in [0.15, 0.2) is 65.5 Å². The van der Waals surface area contributed by atoms with E-state index in [1.165, 1.54) is 6.07 Å². The number of ether oxygens (including phenoxy) is 2. The predicted octanol–water partition coefficient (Wildman–Crippen LogP) is 4.57. The Hall–Kier alpha value is -3.43. The maximum atomic E-state index is 14.4. The molecule has 4 aromatic rings. The van der Waals surface area contributed by atoms with Crippen molar-refractivity contribution in [2.24, 2.45) is 0 Å². The Morgan fingerprint density at radius 3 is 2.32 bits per heavy atom. The van der Waals surface area contributed by atoms with E-state index in [4.69, 9.17) is 9.47 Å². The Morgan fingerprint density at radius 1 is 1.00 bits per heavy atom. The molecule has 0 unspecified atom stereocenters. The van der Waals surface area contributed by atoms with Gasteiger partial charge in [0.2, 0.25) is 0 Å². The minimum atomic E-state index is -0.611. The molecule has 1 aromatic heterocycles. The van der Waals surface area contributed by atoms with E-state index in [0.29, 0.717) is 30.2 Å². The van der Waals surface area contributed by atoms with Crippen molar-refractivity contribution in [2.75, 3.05) is 26.2 Å². The number of hydrogen-bond acceptors (Lipinski definition) is 4. The lowest BCUT2D eigenvalue weighted by Crippen LogP contribution is -2.24. The lowest BCUT2D eigenvalue weighted by molar-refractivity contribution is 0.310. The molecule has 7 nitrogen and oxygen atoms in total. The first-order chi connectivity index (χ1) is 17.3. The molecule has 0 radical (unpaired) electrons. The highest BCUT2D eigenvalue weighted by Gasteiger charge is 2.29. The van der Waals surface area contributed by atoms with Crippen LogP contribution in [0.3, 0.4) is 0 Å². The highest BCUT2D eigenvalue weighted by Crippen LogP contribution is 2.37. The van der Waals surface area contributed by atoms with Crippen molar-refractivity contribution in [3.63, 3.8) is 0 Å². The molecule has 5 rings (SSSR count). The van der Waals surface area contributed by atoms with Gasteiger partial charge in [-0.05, 0) is 61.2 Å². The summed E-state index contributed by atoms with van der Waals surface area (Å²) in [6.45, 7) is 2.87. The van der Waals surface area contributed by atoms with Crippen molar-refractivity contribution in [2.45, 2.75) is 32.4 Å². The van der Waals surface area contributed by atoms with Gasteiger partial charge in [0.1, 0.15) is 5.82 Å². The smallest absolute Gasteiger partial charge is 0.329 e. The van der Waals surface area contributed by atoms with Crippen molar-refractivity contribution in [1.29, 1.82) is 0 Å². The number of imidazole rings is 1. The average Bonchev–Trinajstić information content (AvgIpc) is 3.64. The van der Waals surface area contributed by atoms with E-state index in [1.54, 1.807) is 36.3 Å². The monoisotopic (exact) mass is 528 g/mol. The second-order valence-electron chi connectivity index (χ2n) is 8.81. The van der Waals surface area contributed by atoms with Crippen LogP contribution in [0.1, 0.15) is 31.4 Å². The molecule has 1 fully saturated rings. The van der Waals surface area contributed by atoms with Crippen LogP contribution in [0, 0.1) is 5.82 Å². The zero-order valence-corrected chi connectivity index (χ0v) is 22.3. The van der Waals surface area contributed by atoms with Gasteiger partial charge in [-0.25, -0.2) is 9.18 Å². The Morgan fingerprint density at radius 2 is 1.70 bits per heavy atom. The summed E-state index contributed by atoms with van der Waals surface area (Å²) >= 11 is 0. The molecule has 0 saturated heterocycles. The molecule has 1 saturated carbocycles. The Balaban J connectivity index is 0.000000711. The Kier molecular flexibility index (Phi) is 9.29. The molecule has 37 heavy (non-hydrogen) atoms. The van der Waals surface area contributed by atoms with Crippen molar-refractivity contribution >= 4 is 21.8 Å². The predicted molar refractivity (Wildman–Crippen MR) is 147 cm³/mol. The van der Waals surface area contributed by atoms with Gasteiger partial charge in [0.05, 0.1) is 31.3 Å². The second-order valence-corrected chi connectivity index (χ2v) is 10.3. The summed E-state index contributed by atoms with van der Waals surface area (Å²) in [6.07, 6.45) is 5.25. The normalized spacial score (nSPS) is 12.6. The maximum absolute atomic E-state index is 14.4. The summed E-state index contributed by atoms with van der Waals surface area (Å²) in [5, 5.41) is 0. The minimum Gasteiger partial charge on any atom is -0.493 e. The van der Waals surface area contributed by atoms with Crippen LogP contribution in [-0.4, -0.2) is 45.0 Å². The third-order valence-corrected chi connectivity index (χ3v) is 5.93. The van der Waals surface area contributed by atoms with Crippen LogP contribution in [0.4, 0.5) is 4.39 Å². The quantitative estimate of drug-likeness (QED) is 0.351. The van der Waals surface area contributed by atoms with Gasteiger partial charge >= 0.3 is 5.69 Å². The van der Waals surface area contributed by atoms with Crippen LogP contribution in [0.2, 0.25) is 0 Å². The number of hydrogen-bond donors (Lipinski definition) is 0. The molecule has 0 amide bonds. The van der Waals surface area contributed by atoms with Crippen molar-refractivity contribution in [3.8, 4) is 22.6 Å². The number of methoxy groups -OCH3 is 1. The van der Waals surface area contributed by atoms with Crippen molar-refractivity contribution in [1.82, 2.24) is 9.13 Å². The zero-order valence-electron chi connectivity index (χ0n) is 21.5. The van der Waals surface area contributed by atoms with Crippen LogP contribution >= 0.6 is 0 Å². The first-order valence-electron chi connectivity index (χ1n) is 11.9. The standard InChI is InChI=1S/C26H25FN2O3.C2H6OS.H2O/c1-3-32-25-14-17(8-13-24(25)31-2)16-28-22-12-9-18(20-6-4-5-7-21(20)27)15-23(22)29(26(28)30)19-10-11-19;1-4(2)3;/h4-9,12-15,19H,3,10-11,16H2,1-2H3;1-2H3;1H2. The van der Waals surface area contributed by atoms with E-state index in [9.17, 15) is 13.4 Å². The second kappa shape index (κ2) is 12.2. The summed E-state index contributed by atoms with van der Waals surface area (Å²) in [7, 11) is 0.998. The number of fused-ring (bicyclic) bond motifs is 1. The molecule has 1 aliphatic carbocycles. The summed E-state index contributed by atoms with van der Waals surface area (Å²) < 4.78 is 38.7. The van der Waals surface area contributed by atoms with Gasteiger partial charge in [0, 0.05) is 34.9 Å². The van der Waals surface area contributed by atoms with Crippen LogP contribution in [-0.2, 0) is 17.3 Å². The van der Waals surface area contributed by atoms with Crippen LogP contribution in [0.25, 0.3) is 22.2 Å². The molecule has 0 atom stereocenters.